The molecule has 2 N–H and O–H groups in total. The number of carbonyl (C=O) groups excluding carboxylic acids is 2. The van der Waals surface area contributed by atoms with E-state index in [-0.39, 0.29) is 42.9 Å². The lowest BCUT2D eigenvalue weighted by Gasteiger charge is -2.33. The number of carbonyl (C=O) groups is 2. The molecule has 1 fully saturated rings. The van der Waals surface area contributed by atoms with Crippen molar-refractivity contribution < 1.29 is 50.5 Å². The molecule has 3 aromatic rings. The Labute approximate surface area is 286 Å². The summed E-state index contributed by atoms with van der Waals surface area (Å²) in [5, 5.41) is 13.0. The van der Waals surface area contributed by atoms with Crippen molar-refractivity contribution in [2.45, 2.75) is 76.4 Å². The molecule has 1 atom stereocenters. The van der Waals surface area contributed by atoms with E-state index in [1.807, 2.05) is 0 Å². The predicted octanol–water partition coefficient (Wildman–Crippen LogP) is 8.43. The van der Waals surface area contributed by atoms with Crippen molar-refractivity contribution in [2.75, 3.05) is 19.8 Å². The van der Waals surface area contributed by atoms with Crippen LogP contribution in [0.4, 0.5) is 31.1 Å². The molecular weight excluding hydrogens is 666 g/mol. The van der Waals surface area contributed by atoms with Crippen molar-refractivity contribution in [3.63, 3.8) is 0 Å². The molecule has 0 radical (unpaired) electrons. The van der Waals surface area contributed by atoms with Crippen LogP contribution in [0.2, 0.25) is 0 Å². The van der Waals surface area contributed by atoms with E-state index in [1.165, 1.54) is 19.1 Å². The van der Waals surface area contributed by atoms with Crippen molar-refractivity contribution in [1.29, 1.82) is 0 Å². The van der Waals surface area contributed by atoms with Gasteiger partial charge in [-0.1, -0.05) is 68.0 Å². The maximum Gasteiger partial charge on any atom is 0.430 e. The van der Waals surface area contributed by atoms with Gasteiger partial charge in [0.1, 0.15) is 17.0 Å². The molecule has 13 heteroatoms. The van der Waals surface area contributed by atoms with Crippen molar-refractivity contribution in [2.24, 2.45) is 0 Å². The van der Waals surface area contributed by atoms with Gasteiger partial charge in [0.25, 0.3) is 11.5 Å². The number of amides is 3. The second-order valence-corrected chi connectivity index (χ2v) is 12.2. The highest BCUT2D eigenvalue weighted by atomic mass is 19.4. The number of benzene rings is 3. The summed E-state index contributed by atoms with van der Waals surface area (Å²) in [5.74, 6) is 0.253. The van der Waals surface area contributed by atoms with Gasteiger partial charge in [-0.3, -0.25) is 9.69 Å². The Bertz CT molecular complexity index is 1640. The predicted molar refractivity (Wildman–Crippen MR) is 176 cm³/mol. The number of halogens is 6. The Morgan fingerprint density at radius 2 is 1.52 bits per heavy atom. The number of imide groups is 1. The maximum atomic E-state index is 13.9. The number of rotatable bonds is 15. The topological polar surface area (TPSA) is 88.1 Å². The lowest BCUT2D eigenvalue weighted by molar-refractivity contribution is -0.376. The van der Waals surface area contributed by atoms with E-state index in [2.05, 4.69) is 12.2 Å². The van der Waals surface area contributed by atoms with E-state index in [0.29, 0.717) is 42.0 Å². The summed E-state index contributed by atoms with van der Waals surface area (Å²) in [6.07, 6.45) is -7.01. The van der Waals surface area contributed by atoms with Crippen molar-refractivity contribution in [3.8, 4) is 11.5 Å². The Kier molecular flexibility index (Phi) is 11.9. The van der Waals surface area contributed by atoms with Crippen LogP contribution < -0.4 is 14.8 Å². The number of allylic oxidation sites excluding steroid dienone is 1. The van der Waals surface area contributed by atoms with Gasteiger partial charge < -0.3 is 19.9 Å². The van der Waals surface area contributed by atoms with Crippen molar-refractivity contribution in [1.82, 2.24) is 10.2 Å². The van der Waals surface area contributed by atoms with Gasteiger partial charge in [-0.05, 0) is 74.1 Å². The average Bonchev–Trinajstić information content (AvgIpc) is 3.28. The molecule has 4 rings (SSSR count). The van der Waals surface area contributed by atoms with Crippen molar-refractivity contribution in [3.05, 3.63) is 101 Å². The third kappa shape index (κ3) is 8.09. The molecule has 1 aliphatic rings. The van der Waals surface area contributed by atoms with E-state index in [4.69, 9.17) is 9.47 Å². The molecule has 1 saturated heterocycles. The highest BCUT2D eigenvalue weighted by molar-refractivity contribution is 6.07. The zero-order valence-corrected chi connectivity index (χ0v) is 28.0. The minimum absolute atomic E-state index is 0.000345. The molecule has 0 saturated carbocycles. The first-order valence-corrected chi connectivity index (χ1v) is 16.3. The fraction of sp³-hybridized carbons (Fsp3) is 0.405. The average molecular weight is 707 g/mol. The monoisotopic (exact) mass is 706 g/mol. The van der Waals surface area contributed by atoms with Gasteiger partial charge in [0, 0.05) is 24.1 Å². The fourth-order valence-corrected chi connectivity index (χ4v) is 5.70. The molecule has 7 nitrogen and oxygen atoms in total. The Morgan fingerprint density at radius 1 is 0.880 bits per heavy atom. The van der Waals surface area contributed by atoms with Crippen molar-refractivity contribution >= 4 is 18.0 Å². The number of aliphatic hydroxyl groups is 1. The van der Waals surface area contributed by atoms with E-state index in [0.717, 1.165) is 17.7 Å². The zero-order valence-electron chi connectivity index (χ0n) is 28.0. The Hall–Kier alpha value is -4.52. The second kappa shape index (κ2) is 15.6. The van der Waals surface area contributed by atoms with Crippen LogP contribution in [0.3, 0.4) is 0 Å². The number of urea groups is 1. The largest absolute Gasteiger partial charge is 0.494 e. The number of alkyl halides is 6. The van der Waals surface area contributed by atoms with E-state index in [9.17, 15) is 41.0 Å². The van der Waals surface area contributed by atoms with Gasteiger partial charge in [0.05, 0.1) is 13.2 Å². The zero-order chi connectivity index (χ0) is 36.7. The number of hydrogen-bond donors (Lipinski definition) is 2. The number of nitrogens with one attached hydrogen (secondary N) is 1. The van der Waals surface area contributed by atoms with Crippen LogP contribution in [-0.4, -0.2) is 54.1 Å². The Morgan fingerprint density at radius 3 is 2.12 bits per heavy atom. The number of ether oxygens (including phenoxy) is 2. The van der Waals surface area contributed by atoms with Crippen LogP contribution in [0, 0.1) is 0 Å². The summed E-state index contributed by atoms with van der Waals surface area (Å²) in [5.41, 5.74) is -6.72. The summed E-state index contributed by atoms with van der Waals surface area (Å²) in [6.45, 7) is 5.78. The minimum Gasteiger partial charge on any atom is -0.494 e. The first-order valence-electron chi connectivity index (χ1n) is 16.3. The minimum atomic E-state index is -6.06. The van der Waals surface area contributed by atoms with Gasteiger partial charge in [0.2, 0.25) is 0 Å². The first kappa shape index (κ1) is 38.3. The van der Waals surface area contributed by atoms with Crippen LogP contribution in [0.15, 0.2) is 72.8 Å². The van der Waals surface area contributed by atoms with Gasteiger partial charge in [0.15, 0.2) is 0 Å². The highest BCUT2D eigenvalue weighted by Gasteiger charge is 2.71. The second-order valence-electron chi connectivity index (χ2n) is 12.2. The molecule has 1 heterocycles. The lowest BCUT2D eigenvalue weighted by atomic mass is 9.87. The standard InChI is InChI=1S/C37H40F6N2O5/c1-4-6-20-49-30-17-15-28(16-18-30)34(3)32(46)45(33(47)44-34)19-10-11-21-50-31-26(12-5-2)23-29(35(48,36(38,39)40)37(41,42)43)24-27(31)22-25-13-8-7-9-14-25/h5,7-9,12-18,23-24,48H,4,6,10-11,19-22H2,1-3H3,(H,44,47). The van der Waals surface area contributed by atoms with Gasteiger partial charge in [-0.25, -0.2) is 4.79 Å². The van der Waals surface area contributed by atoms with Gasteiger partial charge in [-0.2, -0.15) is 26.3 Å². The van der Waals surface area contributed by atoms with Crippen LogP contribution in [-0.2, 0) is 22.4 Å². The van der Waals surface area contributed by atoms with Crippen LogP contribution in [0.25, 0.3) is 6.08 Å². The maximum absolute atomic E-state index is 13.9. The van der Waals surface area contributed by atoms with Crippen LogP contribution in [0.1, 0.15) is 74.3 Å². The summed E-state index contributed by atoms with van der Waals surface area (Å²) in [6, 6.07) is 16.0. The van der Waals surface area contributed by atoms with Crippen LogP contribution in [0.5, 0.6) is 11.5 Å². The first-order chi connectivity index (χ1) is 23.6. The SMILES string of the molecule is CC=Cc1cc(C(O)(C(F)(F)F)C(F)(F)F)cc(Cc2ccccc2)c1OCCCCN1C(=O)NC(C)(c2ccc(OCCCC)cc2)C1=O. The van der Waals surface area contributed by atoms with Gasteiger partial charge in [-0.15, -0.1) is 0 Å². The summed E-state index contributed by atoms with van der Waals surface area (Å²) < 4.78 is 94.9. The molecule has 0 bridgehead atoms. The normalized spacial score (nSPS) is 17.0. The Balaban J connectivity index is 1.50. The summed E-state index contributed by atoms with van der Waals surface area (Å²) >= 11 is 0. The third-order valence-electron chi connectivity index (χ3n) is 8.51. The van der Waals surface area contributed by atoms with E-state index >= 15 is 0 Å². The van der Waals surface area contributed by atoms with Gasteiger partial charge >= 0.3 is 18.4 Å². The third-order valence-corrected chi connectivity index (χ3v) is 8.51. The lowest BCUT2D eigenvalue weighted by Crippen LogP contribution is -2.54. The molecule has 3 amide bonds. The summed E-state index contributed by atoms with van der Waals surface area (Å²) in [7, 11) is 0. The smallest absolute Gasteiger partial charge is 0.430 e. The molecule has 50 heavy (non-hydrogen) atoms. The van der Waals surface area contributed by atoms with Crippen LogP contribution >= 0.6 is 0 Å². The fourth-order valence-electron chi connectivity index (χ4n) is 5.70. The molecule has 1 unspecified atom stereocenters. The highest BCUT2D eigenvalue weighted by Crippen LogP contribution is 2.51. The number of nitrogens with zero attached hydrogens (tertiary/aromatic N) is 1. The van der Waals surface area contributed by atoms with E-state index in [1.54, 1.807) is 61.5 Å². The molecule has 0 aliphatic carbocycles. The number of unbranched alkanes of at least 4 members (excludes halogenated alkanes) is 2. The van der Waals surface area contributed by atoms with E-state index < -0.39 is 41.0 Å². The number of hydrogen-bond acceptors (Lipinski definition) is 5. The summed E-state index contributed by atoms with van der Waals surface area (Å²) in [4.78, 5) is 27.3. The molecule has 1 aliphatic heterocycles. The quantitative estimate of drug-likeness (QED) is 0.0942. The molecule has 270 valence electrons. The molecule has 0 aromatic heterocycles. The molecule has 3 aromatic carbocycles. The molecular formula is C37H40F6N2O5. The molecule has 0 spiro atoms.